The molecule has 0 aromatic heterocycles. The second-order valence-corrected chi connectivity index (χ2v) is 8.06. The molecule has 2 aromatic rings. The van der Waals surface area contributed by atoms with Crippen LogP contribution in [0.1, 0.15) is 49.7 Å². The highest BCUT2D eigenvalue weighted by atomic mass is 32.3. The number of aryl methyl sites for hydroxylation is 2. The molecule has 12 heteroatoms. The minimum absolute atomic E-state index is 0.152. The first-order valence-electron chi connectivity index (χ1n) is 10.9. The lowest BCUT2D eigenvalue weighted by atomic mass is 10.1. The van der Waals surface area contributed by atoms with Gasteiger partial charge >= 0.3 is 22.3 Å². The van der Waals surface area contributed by atoms with Crippen molar-refractivity contribution >= 4 is 22.3 Å². The number of rotatable bonds is 10. The topological polar surface area (TPSA) is 199 Å². The molecule has 11 nitrogen and oxygen atoms in total. The average molecular weight is 533 g/mol. The highest BCUT2D eigenvalue weighted by Crippen LogP contribution is 2.13. The summed E-state index contributed by atoms with van der Waals surface area (Å²) in [7, 11) is -2.26. The number of carboxylic acid groups (broad SMARTS) is 1. The van der Waals surface area contributed by atoms with Gasteiger partial charge in [-0.15, -0.1) is 0 Å². The lowest BCUT2D eigenvalue weighted by Gasteiger charge is -2.01. The second kappa shape index (κ2) is 21.1. The number of methoxy groups -OCH3 is 1. The molecular weight excluding hydrogens is 496 g/mol. The molecule has 0 spiro atoms. The van der Waals surface area contributed by atoms with Gasteiger partial charge < -0.3 is 25.2 Å². The monoisotopic (exact) mass is 532 g/mol. The molecule has 0 heterocycles. The van der Waals surface area contributed by atoms with Crippen LogP contribution in [0.15, 0.2) is 48.5 Å². The number of aliphatic carboxylic acids is 1. The van der Waals surface area contributed by atoms with Gasteiger partial charge in [-0.3, -0.25) is 18.7 Å². The highest BCUT2D eigenvalue weighted by Gasteiger charge is 2.00. The van der Waals surface area contributed by atoms with Crippen molar-refractivity contribution in [1.29, 1.82) is 0 Å². The zero-order valence-electron chi connectivity index (χ0n) is 20.4. The quantitative estimate of drug-likeness (QED) is 0.149. The summed E-state index contributed by atoms with van der Waals surface area (Å²) in [6.07, 6.45) is 5.89. The molecule has 36 heavy (non-hydrogen) atoms. The molecule has 0 radical (unpaired) electrons. The first-order valence-corrected chi connectivity index (χ1v) is 12.3. The van der Waals surface area contributed by atoms with Crippen LogP contribution in [-0.4, -0.2) is 64.1 Å². The Kier molecular flexibility index (Phi) is 20.5. The van der Waals surface area contributed by atoms with Crippen molar-refractivity contribution < 1.29 is 52.3 Å². The number of aliphatic hydroxyl groups excluding tert-OH is 1. The van der Waals surface area contributed by atoms with Crippen LogP contribution in [0.5, 0.6) is 11.5 Å². The zero-order valence-corrected chi connectivity index (χ0v) is 21.2. The van der Waals surface area contributed by atoms with E-state index in [1.54, 1.807) is 24.3 Å². The summed E-state index contributed by atoms with van der Waals surface area (Å²) in [6.45, 7) is 0. The van der Waals surface area contributed by atoms with E-state index in [1.165, 1.54) is 12.7 Å². The molecule has 2 rings (SSSR count). The Morgan fingerprint density at radius 1 is 0.722 bits per heavy atom. The lowest BCUT2D eigenvalue weighted by molar-refractivity contribution is -0.140. The third-order valence-electron chi connectivity index (χ3n) is 4.30. The van der Waals surface area contributed by atoms with Gasteiger partial charge in [0.15, 0.2) is 0 Å². The highest BCUT2D eigenvalue weighted by molar-refractivity contribution is 7.79. The fourth-order valence-corrected chi connectivity index (χ4v) is 2.63. The molecule has 6 N–H and O–H groups in total. The van der Waals surface area contributed by atoms with Gasteiger partial charge in [-0.2, -0.15) is 8.42 Å². The third kappa shape index (κ3) is 25.4. The van der Waals surface area contributed by atoms with Gasteiger partial charge in [-0.1, -0.05) is 24.3 Å². The lowest BCUT2D eigenvalue weighted by Crippen LogP contribution is -1.99. The summed E-state index contributed by atoms with van der Waals surface area (Å²) in [5, 5.41) is 33.5. The first-order chi connectivity index (χ1) is 16.9. The molecule has 0 fully saturated rings. The van der Waals surface area contributed by atoms with Crippen LogP contribution < -0.4 is 0 Å². The number of aliphatic hydroxyl groups is 1. The minimum atomic E-state index is -4.67. The molecule has 0 saturated heterocycles. The Morgan fingerprint density at radius 3 is 1.36 bits per heavy atom. The molecule has 204 valence electrons. The van der Waals surface area contributed by atoms with Crippen LogP contribution in [0.4, 0.5) is 0 Å². The van der Waals surface area contributed by atoms with Crippen LogP contribution in [0.2, 0.25) is 0 Å². The number of ether oxygens (including phenoxy) is 1. The first kappa shape index (κ1) is 35.0. The van der Waals surface area contributed by atoms with Gasteiger partial charge in [0.05, 0.1) is 7.11 Å². The maximum atomic E-state index is 10.8. The average Bonchev–Trinajstić information content (AvgIpc) is 2.82. The molecule has 0 bridgehead atoms. The number of carbonyl (C=O) groups excluding carboxylic acids is 1. The van der Waals surface area contributed by atoms with E-state index in [2.05, 4.69) is 4.74 Å². The van der Waals surface area contributed by atoms with Gasteiger partial charge in [-0.05, 0) is 73.9 Å². The fraction of sp³-hybridized carbons (Fsp3) is 0.417. The predicted octanol–water partition coefficient (Wildman–Crippen LogP) is 3.42. The summed E-state index contributed by atoms with van der Waals surface area (Å²) >= 11 is 0. The largest absolute Gasteiger partial charge is 0.508 e. The number of carbonyl (C=O) groups is 2. The van der Waals surface area contributed by atoms with E-state index in [0.29, 0.717) is 12.8 Å². The SMILES string of the molecule is CO.COC(=O)CCCCc1ccc(O)cc1.O=C(O)CCCCc1ccc(O)cc1.O=S(=O)(O)O. The normalized spacial score (nSPS) is 9.81. The predicted molar refractivity (Wildman–Crippen MR) is 133 cm³/mol. The summed E-state index contributed by atoms with van der Waals surface area (Å²) in [5.74, 6) is -0.344. The molecule has 0 amide bonds. The van der Waals surface area contributed by atoms with E-state index in [0.717, 1.165) is 44.8 Å². The minimum Gasteiger partial charge on any atom is -0.508 e. The zero-order chi connectivity index (χ0) is 28.0. The van der Waals surface area contributed by atoms with Crippen molar-refractivity contribution in [3.05, 3.63) is 59.7 Å². The van der Waals surface area contributed by atoms with Crippen molar-refractivity contribution in [2.75, 3.05) is 14.2 Å². The Labute approximate surface area is 211 Å². The molecule has 0 aliphatic rings. The van der Waals surface area contributed by atoms with Crippen molar-refractivity contribution in [3.8, 4) is 11.5 Å². The Balaban J connectivity index is 0. The van der Waals surface area contributed by atoms with E-state index < -0.39 is 16.4 Å². The number of benzene rings is 2. The molecule has 2 aromatic carbocycles. The summed E-state index contributed by atoms with van der Waals surface area (Å²) in [5.41, 5.74) is 2.31. The van der Waals surface area contributed by atoms with Gasteiger partial charge in [0.2, 0.25) is 0 Å². The number of unbranched alkanes of at least 4 members (excludes halogenated alkanes) is 2. The van der Waals surface area contributed by atoms with Crippen LogP contribution in [0.3, 0.4) is 0 Å². The summed E-state index contributed by atoms with van der Waals surface area (Å²) in [4.78, 5) is 21.0. The van der Waals surface area contributed by atoms with Crippen LogP contribution in [0, 0.1) is 0 Å². The van der Waals surface area contributed by atoms with Crippen molar-refractivity contribution in [2.45, 2.75) is 51.4 Å². The van der Waals surface area contributed by atoms with Crippen LogP contribution in [0.25, 0.3) is 0 Å². The smallest absolute Gasteiger partial charge is 0.394 e. The Hall–Kier alpha value is -3.19. The van der Waals surface area contributed by atoms with E-state index in [4.69, 9.17) is 37.9 Å². The molecule has 0 aliphatic carbocycles. The van der Waals surface area contributed by atoms with E-state index in [9.17, 15) is 9.59 Å². The standard InChI is InChI=1S/C12H16O3.C11H14O3.CH4O.H2O4S/c1-15-12(14)5-3-2-4-10-6-8-11(13)9-7-10;12-10-7-5-9(6-8-10)3-1-2-4-11(13)14;1-2;1-5(2,3)4/h6-9,13H,2-5H2,1H3;5-8,12H,1-4H2,(H,13,14);2H,1H3;(H2,1,2,3,4). The Morgan fingerprint density at radius 2 is 1.06 bits per heavy atom. The van der Waals surface area contributed by atoms with Gasteiger partial charge in [-0.25, -0.2) is 0 Å². The molecular formula is C24H36O11S. The van der Waals surface area contributed by atoms with Crippen molar-refractivity contribution in [2.24, 2.45) is 0 Å². The molecule has 0 aliphatic heterocycles. The van der Waals surface area contributed by atoms with E-state index >= 15 is 0 Å². The fourth-order valence-electron chi connectivity index (χ4n) is 2.63. The van der Waals surface area contributed by atoms with Gasteiger partial charge in [0, 0.05) is 20.0 Å². The maximum Gasteiger partial charge on any atom is 0.394 e. The number of hydrogen-bond donors (Lipinski definition) is 6. The number of hydrogen-bond acceptors (Lipinski definition) is 8. The second-order valence-electron chi connectivity index (χ2n) is 7.16. The van der Waals surface area contributed by atoms with Crippen molar-refractivity contribution in [1.82, 2.24) is 0 Å². The third-order valence-corrected chi connectivity index (χ3v) is 4.30. The van der Waals surface area contributed by atoms with Gasteiger partial charge in [0.25, 0.3) is 0 Å². The van der Waals surface area contributed by atoms with Crippen LogP contribution >= 0.6 is 0 Å². The van der Waals surface area contributed by atoms with Gasteiger partial charge in [0.1, 0.15) is 11.5 Å². The summed E-state index contributed by atoms with van der Waals surface area (Å²) < 4.78 is 36.1. The number of aromatic hydroxyl groups is 2. The number of esters is 1. The number of phenolic OH excluding ortho intramolecular Hbond substituents is 2. The molecule has 0 atom stereocenters. The molecule has 0 saturated carbocycles. The Bertz CT molecular complexity index is 933. The number of carboxylic acids is 1. The maximum absolute atomic E-state index is 10.8. The summed E-state index contributed by atoms with van der Waals surface area (Å²) in [6, 6.07) is 14.2. The van der Waals surface area contributed by atoms with E-state index in [1.807, 2.05) is 24.3 Å². The number of phenols is 2. The van der Waals surface area contributed by atoms with E-state index in [-0.39, 0.29) is 23.9 Å². The van der Waals surface area contributed by atoms with Crippen molar-refractivity contribution in [3.63, 3.8) is 0 Å². The molecule has 0 unspecified atom stereocenters. The van der Waals surface area contributed by atoms with Crippen LogP contribution in [-0.2, 0) is 37.6 Å².